The van der Waals surface area contributed by atoms with Gasteiger partial charge in [-0.2, -0.15) is 0 Å². The van der Waals surface area contributed by atoms with Crippen molar-refractivity contribution >= 4 is 29.0 Å². The summed E-state index contributed by atoms with van der Waals surface area (Å²) < 4.78 is 0. The Hall–Kier alpha value is -1.20. The number of carbonyl (C=O) groups excluding carboxylic acids is 1. The lowest BCUT2D eigenvalue weighted by Gasteiger charge is -2.17. The highest BCUT2D eigenvalue weighted by molar-refractivity contribution is 8.00. The summed E-state index contributed by atoms with van der Waals surface area (Å²) in [5, 5.41) is 9.05. The van der Waals surface area contributed by atoms with Crippen LogP contribution in [-0.2, 0) is 4.79 Å². The zero-order valence-corrected chi connectivity index (χ0v) is 9.28. The van der Waals surface area contributed by atoms with Gasteiger partial charge in [-0.25, -0.2) is 0 Å². The molecule has 0 aliphatic carbocycles. The Morgan fingerprint density at radius 3 is 3.20 bits per heavy atom. The molecule has 1 aromatic rings. The van der Waals surface area contributed by atoms with E-state index < -0.39 is 0 Å². The maximum atomic E-state index is 11.2. The van der Waals surface area contributed by atoms with Crippen LogP contribution >= 0.6 is 11.8 Å². The van der Waals surface area contributed by atoms with Crippen LogP contribution in [0.25, 0.3) is 0 Å². The van der Waals surface area contributed by atoms with E-state index in [9.17, 15) is 4.79 Å². The minimum absolute atomic E-state index is 0.0678. The van der Waals surface area contributed by atoms with Gasteiger partial charge in [0, 0.05) is 10.6 Å². The van der Waals surface area contributed by atoms with Gasteiger partial charge in [0.15, 0.2) is 0 Å². The number of benzene rings is 1. The zero-order chi connectivity index (χ0) is 10.7. The van der Waals surface area contributed by atoms with Crippen molar-refractivity contribution in [2.24, 2.45) is 0 Å². The van der Waals surface area contributed by atoms with Gasteiger partial charge in [-0.05, 0) is 25.2 Å². The molecule has 1 amide bonds. The van der Waals surface area contributed by atoms with Crippen molar-refractivity contribution in [2.75, 3.05) is 30.1 Å². The van der Waals surface area contributed by atoms with Crippen LogP contribution in [0.3, 0.4) is 0 Å². The van der Waals surface area contributed by atoms with Crippen LogP contribution in [0.4, 0.5) is 11.4 Å². The molecular weight excluding hydrogens is 210 g/mol. The van der Waals surface area contributed by atoms with Gasteiger partial charge in [-0.3, -0.25) is 4.79 Å². The Balaban J connectivity index is 2.17. The Morgan fingerprint density at radius 1 is 1.53 bits per heavy atom. The van der Waals surface area contributed by atoms with E-state index in [0.29, 0.717) is 12.4 Å². The van der Waals surface area contributed by atoms with Crippen molar-refractivity contribution in [1.29, 1.82) is 0 Å². The molecule has 80 valence electrons. The molecule has 2 rings (SSSR count). The normalized spacial score (nSPS) is 14.3. The predicted molar refractivity (Wildman–Crippen MR) is 63.3 cm³/mol. The van der Waals surface area contributed by atoms with Crippen LogP contribution < -0.4 is 16.0 Å². The SMILES string of the molecule is CNCNc1ccc2c(c1)NC(=O)CS2. The summed E-state index contributed by atoms with van der Waals surface area (Å²) in [5.41, 5.74) is 1.91. The third-order valence-corrected chi connectivity index (χ3v) is 3.16. The summed E-state index contributed by atoms with van der Waals surface area (Å²) in [6.07, 6.45) is 0. The summed E-state index contributed by atoms with van der Waals surface area (Å²) in [5.74, 6) is 0.578. The van der Waals surface area contributed by atoms with Crippen molar-refractivity contribution < 1.29 is 4.79 Å². The second-order valence-corrected chi connectivity index (χ2v) is 4.27. The molecule has 1 heterocycles. The Bertz CT molecular complexity index is 381. The smallest absolute Gasteiger partial charge is 0.234 e. The number of anilines is 2. The van der Waals surface area contributed by atoms with E-state index >= 15 is 0 Å². The Labute approximate surface area is 92.8 Å². The van der Waals surface area contributed by atoms with Crippen molar-refractivity contribution in [3.05, 3.63) is 18.2 Å². The van der Waals surface area contributed by atoms with Crippen LogP contribution in [0.5, 0.6) is 0 Å². The quantitative estimate of drug-likeness (QED) is 0.676. The number of thioether (sulfide) groups is 1. The van der Waals surface area contributed by atoms with Crippen LogP contribution in [-0.4, -0.2) is 25.4 Å². The number of hydrogen-bond donors (Lipinski definition) is 3. The molecule has 0 spiro atoms. The largest absolute Gasteiger partial charge is 0.372 e. The predicted octanol–water partition coefficient (Wildman–Crippen LogP) is 1.32. The standard InChI is InChI=1S/C10H13N3OS/c1-11-6-12-7-2-3-9-8(4-7)13-10(14)5-15-9/h2-4,11-12H,5-6H2,1H3,(H,13,14). The first-order valence-corrected chi connectivity index (χ1v) is 5.73. The van der Waals surface area contributed by atoms with E-state index in [1.54, 1.807) is 11.8 Å². The van der Waals surface area contributed by atoms with Gasteiger partial charge in [-0.15, -0.1) is 11.8 Å². The molecule has 3 N–H and O–H groups in total. The zero-order valence-electron chi connectivity index (χ0n) is 8.46. The first kappa shape index (κ1) is 10.3. The molecule has 0 radical (unpaired) electrons. The van der Waals surface area contributed by atoms with Crippen molar-refractivity contribution in [1.82, 2.24) is 5.32 Å². The maximum absolute atomic E-state index is 11.2. The molecule has 4 nitrogen and oxygen atoms in total. The molecule has 15 heavy (non-hydrogen) atoms. The fourth-order valence-corrected chi connectivity index (χ4v) is 2.17. The van der Waals surface area contributed by atoms with Crippen LogP contribution in [0, 0.1) is 0 Å². The molecule has 0 atom stereocenters. The number of rotatable bonds is 3. The van der Waals surface area contributed by atoms with E-state index in [0.717, 1.165) is 16.3 Å². The van der Waals surface area contributed by atoms with E-state index in [-0.39, 0.29) is 5.91 Å². The van der Waals surface area contributed by atoms with E-state index in [1.807, 2.05) is 25.2 Å². The first-order valence-electron chi connectivity index (χ1n) is 4.75. The minimum atomic E-state index is 0.0678. The van der Waals surface area contributed by atoms with Crippen LogP contribution in [0.2, 0.25) is 0 Å². The molecule has 0 aromatic heterocycles. The highest BCUT2D eigenvalue weighted by Gasteiger charge is 2.14. The molecule has 0 bridgehead atoms. The monoisotopic (exact) mass is 223 g/mol. The van der Waals surface area contributed by atoms with Gasteiger partial charge in [0.05, 0.1) is 18.1 Å². The summed E-state index contributed by atoms with van der Waals surface area (Å²) in [6.45, 7) is 0.708. The summed E-state index contributed by atoms with van der Waals surface area (Å²) in [7, 11) is 1.88. The summed E-state index contributed by atoms with van der Waals surface area (Å²) in [4.78, 5) is 12.3. The highest BCUT2D eigenvalue weighted by Crippen LogP contribution is 2.33. The number of fused-ring (bicyclic) bond motifs is 1. The molecule has 1 aliphatic rings. The molecule has 1 aliphatic heterocycles. The van der Waals surface area contributed by atoms with Crippen molar-refractivity contribution in [3.63, 3.8) is 0 Å². The number of amides is 1. The Kier molecular flexibility index (Phi) is 3.13. The van der Waals surface area contributed by atoms with Crippen molar-refractivity contribution in [3.8, 4) is 0 Å². The van der Waals surface area contributed by atoms with E-state index in [2.05, 4.69) is 16.0 Å². The second-order valence-electron chi connectivity index (χ2n) is 3.25. The van der Waals surface area contributed by atoms with Gasteiger partial charge in [0.2, 0.25) is 5.91 Å². The first-order chi connectivity index (χ1) is 7.29. The fraction of sp³-hybridized carbons (Fsp3) is 0.300. The molecule has 0 saturated heterocycles. The molecule has 0 fully saturated rings. The maximum Gasteiger partial charge on any atom is 0.234 e. The number of nitrogens with one attached hydrogen (secondary N) is 3. The number of hydrogen-bond acceptors (Lipinski definition) is 4. The van der Waals surface area contributed by atoms with E-state index in [1.165, 1.54) is 0 Å². The van der Waals surface area contributed by atoms with Gasteiger partial charge in [0.1, 0.15) is 0 Å². The van der Waals surface area contributed by atoms with Gasteiger partial charge in [-0.1, -0.05) is 0 Å². The molecule has 0 saturated carbocycles. The Morgan fingerprint density at radius 2 is 2.40 bits per heavy atom. The molecular formula is C10H13N3OS. The third-order valence-electron chi connectivity index (χ3n) is 2.08. The lowest BCUT2D eigenvalue weighted by atomic mass is 10.2. The summed E-state index contributed by atoms with van der Waals surface area (Å²) >= 11 is 1.57. The minimum Gasteiger partial charge on any atom is -0.372 e. The highest BCUT2D eigenvalue weighted by atomic mass is 32.2. The fourth-order valence-electron chi connectivity index (χ4n) is 1.38. The van der Waals surface area contributed by atoms with E-state index in [4.69, 9.17) is 0 Å². The van der Waals surface area contributed by atoms with Crippen molar-refractivity contribution in [2.45, 2.75) is 4.90 Å². The van der Waals surface area contributed by atoms with Gasteiger partial charge >= 0.3 is 0 Å². The van der Waals surface area contributed by atoms with Gasteiger partial charge < -0.3 is 16.0 Å². The topological polar surface area (TPSA) is 53.2 Å². The molecule has 0 unspecified atom stereocenters. The van der Waals surface area contributed by atoms with Gasteiger partial charge in [0.25, 0.3) is 0 Å². The lowest BCUT2D eigenvalue weighted by molar-refractivity contribution is -0.113. The molecule has 5 heteroatoms. The summed E-state index contributed by atoms with van der Waals surface area (Å²) in [6, 6.07) is 5.99. The van der Waals surface area contributed by atoms with Crippen LogP contribution in [0.1, 0.15) is 0 Å². The number of carbonyl (C=O) groups is 1. The lowest BCUT2D eigenvalue weighted by Crippen LogP contribution is -2.20. The third kappa shape index (κ3) is 2.43. The average molecular weight is 223 g/mol. The average Bonchev–Trinajstić information content (AvgIpc) is 2.25. The second kappa shape index (κ2) is 4.55. The van der Waals surface area contributed by atoms with Crippen LogP contribution in [0.15, 0.2) is 23.1 Å². The molecule has 1 aromatic carbocycles.